The maximum atomic E-state index is 11.6. The van der Waals surface area contributed by atoms with Gasteiger partial charge in [-0.15, -0.1) is 11.3 Å². The van der Waals surface area contributed by atoms with E-state index in [1.165, 1.54) is 11.3 Å². The third-order valence-corrected chi connectivity index (χ3v) is 9.85. The third-order valence-electron chi connectivity index (χ3n) is 7.91. The normalized spacial score (nSPS) is 24.1. The van der Waals surface area contributed by atoms with Gasteiger partial charge in [0.2, 0.25) is 0 Å². The predicted octanol–water partition coefficient (Wildman–Crippen LogP) is 7.53. The van der Waals surface area contributed by atoms with Crippen molar-refractivity contribution in [2.45, 2.75) is 69.0 Å². The Bertz CT molecular complexity index is 1480. The molecule has 1 aliphatic heterocycles. The van der Waals surface area contributed by atoms with E-state index in [-0.39, 0.29) is 12.4 Å². The Balaban J connectivity index is 1.07. The summed E-state index contributed by atoms with van der Waals surface area (Å²) in [5, 5.41) is 17.8. The van der Waals surface area contributed by atoms with E-state index in [2.05, 4.69) is 5.16 Å². The summed E-state index contributed by atoms with van der Waals surface area (Å²) in [7, 11) is 0. The molecule has 3 fully saturated rings. The molecule has 2 aliphatic carbocycles. The van der Waals surface area contributed by atoms with Gasteiger partial charge in [-0.25, -0.2) is 4.98 Å². The monoisotopic (exact) mass is 586 g/mol. The molecule has 0 atom stereocenters. The lowest BCUT2D eigenvalue weighted by molar-refractivity contribution is -0.0640. The zero-order valence-corrected chi connectivity index (χ0v) is 23.5. The van der Waals surface area contributed by atoms with Gasteiger partial charge < -0.3 is 23.8 Å². The van der Waals surface area contributed by atoms with Gasteiger partial charge >= 0.3 is 0 Å². The van der Waals surface area contributed by atoms with Crippen molar-refractivity contribution in [3.63, 3.8) is 0 Å². The number of ether oxygens (including phenoxy) is 3. The molecule has 0 unspecified atom stereocenters. The van der Waals surface area contributed by atoms with Crippen LogP contribution in [-0.2, 0) is 26.4 Å². The molecule has 0 amide bonds. The topological polar surface area (TPSA) is 86.8 Å². The Morgan fingerprint density at radius 2 is 1.72 bits per heavy atom. The van der Waals surface area contributed by atoms with Crippen LogP contribution in [0.1, 0.15) is 72.6 Å². The van der Waals surface area contributed by atoms with Crippen molar-refractivity contribution in [2.75, 3.05) is 13.2 Å². The van der Waals surface area contributed by atoms with Crippen molar-refractivity contribution in [2.24, 2.45) is 0 Å². The van der Waals surface area contributed by atoms with Gasteiger partial charge in [0.05, 0.1) is 46.2 Å². The largest absolute Gasteiger partial charge is 0.383 e. The molecule has 0 spiro atoms. The van der Waals surface area contributed by atoms with Crippen molar-refractivity contribution in [1.29, 1.82) is 0 Å². The predicted molar refractivity (Wildman–Crippen MR) is 149 cm³/mol. The molecule has 2 aromatic heterocycles. The molecule has 10 heteroatoms. The summed E-state index contributed by atoms with van der Waals surface area (Å²) in [6, 6.07) is 11.4. The lowest BCUT2D eigenvalue weighted by Gasteiger charge is -2.34. The van der Waals surface area contributed by atoms with Gasteiger partial charge in [-0.1, -0.05) is 46.6 Å². The van der Waals surface area contributed by atoms with Gasteiger partial charge in [-0.05, 0) is 56.7 Å². The van der Waals surface area contributed by atoms with Gasteiger partial charge in [0.25, 0.3) is 0 Å². The Morgan fingerprint density at radius 3 is 2.44 bits per heavy atom. The first-order chi connectivity index (χ1) is 19.0. The van der Waals surface area contributed by atoms with E-state index >= 15 is 0 Å². The van der Waals surface area contributed by atoms with Crippen LogP contribution in [0, 0.1) is 0 Å². The molecular weight excluding hydrogens is 559 g/mol. The first kappa shape index (κ1) is 25.9. The molecule has 39 heavy (non-hydrogen) atoms. The number of benzene rings is 2. The molecule has 0 radical (unpaired) electrons. The van der Waals surface area contributed by atoms with E-state index in [0.717, 1.165) is 57.8 Å². The molecule has 4 aromatic rings. The number of hydrogen-bond acceptors (Lipinski definition) is 8. The van der Waals surface area contributed by atoms with Crippen LogP contribution >= 0.6 is 34.5 Å². The molecule has 204 valence electrons. The second-order valence-electron chi connectivity index (χ2n) is 10.6. The fourth-order valence-electron chi connectivity index (χ4n) is 5.59. The smallest absolute Gasteiger partial charge is 0.185 e. The summed E-state index contributed by atoms with van der Waals surface area (Å²) in [6.45, 7) is 1.53. The van der Waals surface area contributed by atoms with E-state index in [1.807, 2.05) is 24.3 Å². The first-order valence-corrected chi connectivity index (χ1v) is 15.0. The highest BCUT2D eigenvalue weighted by Gasteiger charge is 2.39. The van der Waals surface area contributed by atoms with Gasteiger partial charge in [-0.3, -0.25) is 0 Å². The number of aliphatic hydroxyl groups is 1. The zero-order valence-electron chi connectivity index (χ0n) is 21.2. The second-order valence-corrected chi connectivity index (χ2v) is 12.4. The fourth-order valence-corrected chi connectivity index (χ4v) is 7.40. The SMILES string of the molecule is OC1(c2nc3cccc(C4OCCO4)c3s2)CCC(OCc2c(-c3c(Cl)cccc3Cl)noc2C2CC2)CC1. The van der Waals surface area contributed by atoms with E-state index in [0.29, 0.717) is 59.9 Å². The summed E-state index contributed by atoms with van der Waals surface area (Å²) in [5.74, 6) is 1.24. The standard InChI is InChI=1S/C29H28Cl2N2O5S/c30-20-4-2-5-21(31)23(20)24-19(25(38-33-24)16-7-8-16)15-37-17-9-11-29(34,12-10-17)28-32-22-6-1-3-18(26(22)39-28)27-35-13-14-36-27/h1-6,16-17,27,34H,7-15H2. The highest BCUT2D eigenvalue weighted by Crippen LogP contribution is 2.47. The van der Waals surface area contributed by atoms with Gasteiger partial charge in [-0.2, -0.15) is 0 Å². The first-order valence-electron chi connectivity index (χ1n) is 13.4. The van der Waals surface area contributed by atoms with Crippen molar-refractivity contribution in [3.8, 4) is 11.3 Å². The molecule has 3 heterocycles. The van der Waals surface area contributed by atoms with E-state index in [4.69, 9.17) is 46.9 Å². The molecule has 7 rings (SSSR count). The molecule has 3 aliphatic rings. The fraction of sp³-hybridized carbons (Fsp3) is 0.448. The molecule has 1 N–H and O–H groups in total. The summed E-state index contributed by atoms with van der Waals surface area (Å²) in [5.41, 5.74) is 3.11. The Hall–Kier alpha value is -2.04. The quantitative estimate of drug-likeness (QED) is 0.239. The number of aromatic nitrogens is 2. The number of fused-ring (bicyclic) bond motifs is 1. The van der Waals surface area contributed by atoms with Crippen LogP contribution in [0.2, 0.25) is 10.0 Å². The minimum absolute atomic E-state index is 0.00650. The maximum absolute atomic E-state index is 11.6. The van der Waals surface area contributed by atoms with Crippen LogP contribution in [0.25, 0.3) is 21.5 Å². The molecule has 0 bridgehead atoms. The summed E-state index contributed by atoms with van der Waals surface area (Å²) >= 11 is 14.5. The van der Waals surface area contributed by atoms with Gasteiger partial charge in [0.1, 0.15) is 22.1 Å². The van der Waals surface area contributed by atoms with Crippen LogP contribution in [0.3, 0.4) is 0 Å². The van der Waals surface area contributed by atoms with Crippen molar-refractivity contribution >= 4 is 44.8 Å². The molecule has 1 saturated heterocycles. The lowest BCUT2D eigenvalue weighted by Crippen LogP contribution is -2.34. The van der Waals surface area contributed by atoms with E-state index in [1.54, 1.807) is 12.1 Å². The average molecular weight is 588 g/mol. The minimum atomic E-state index is -0.981. The Morgan fingerprint density at radius 1 is 1.00 bits per heavy atom. The van der Waals surface area contributed by atoms with Crippen LogP contribution < -0.4 is 0 Å². The second kappa shape index (κ2) is 10.4. The van der Waals surface area contributed by atoms with E-state index in [9.17, 15) is 5.11 Å². The minimum Gasteiger partial charge on any atom is -0.383 e. The molecule has 2 aromatic carbocycles. The van der Waals surface area contributed by atoms with Gasteiger partial charge in [0.15, 0.2) is 6.29 Å². The van der Waals surface area contributed by atoms with Crippen LogP contribution in [0.5, 0.6) is 0 Å². The third kappa shape index (κ3) is 4.90. The number of halogens is 2. The highest BCUT2D eigenvalue weighted by atomic mass is 35.5. The average Bonchev–Trinajstić information content (AvgIpc) is 3.31. The van der Waals surface area contributed by atoms with Crippen LogP contribution in [0.15, 0.2) is 40.9 Å². The van der Waals surface area contributed by atoms with Crippen LogP contribution in [-0.4, -0.2) is 34.6 Å². The van der Waals surface area contributed by atoms with Gasteiger partial charge in [0, 0.05) is 22.6 Å². The Labute approximate surface area is 240 Å². The summed E-state index contributed by atoms with van der Waals surface area (Å²) in [6.07, 6.45) is 4.39. The highest BCUT2D eigenvalue weighted by molar-refractivity contribution is 7.18. The molecule has 2 saturated carbocycles. The molecule has 7 nitrogen and oxygen atoms in total. The lowest BCUT2D eigenvalue weighted by atomic mass is 9.83. The molecular formula is C29H28Cl2N2O5S. The number of nitrogens with zero attached hydrogens (tertiary/aromatic N) is 2. The van der Waals surface area contributed by atoms with Crippen molar-refractivity contribution < 1.29 is 23.8 Å². The Kier molecular flexibility index (Phi) is 6.92. The zero-order chi connectivity index (χ0) is 26.6. The maximum Gasteiger partial charge on any atom is 0.185 e. The summed E-state index contributed by atoms with van der Waals surface area (Å²) in [4.78, 5) is 4.82. The number of thiazole rings is 1. The number of rotatable bonds is 7. The van der Waals surface area contributed by atoms with E-state index < -0.39 is 5.60 Å². The summed E-state index contributed by atoms with van der Waals surface area (Å²) < 4.78 is 24.7. The van der Waals surface area contributed by atoms with Crippen molar-refractivity contribution in [3.05, 3.63) is 68.3 Å². The number of hydrogen-bond donors (Lipinski definition) is 1. The van der Waals surface area contributed by atoms with Crippen molar-refractivity contribution in [1.82, 2.24) is 10.1 Å². The van der Waals surface area contributed by atoms with Crippen LogP contribution in [0.4, 0.5) is 0 Å².